The zero-order chi connectivity index (χ0) is 3.58. The Bertz CT molecular complexity index is 16.3. The van der Waals surface area contributed by atoms with Crippen molar-refractivity contribution in [2.75, 3.05) is 13.3 Å². The van der Waals surface area contributed by atoms with E-state index < -0.39 is 0 Å². The summed E-state index contributed by atoms with van der Waals surface area (Å²) in [6, 6.07) is 0. The molecule has 0 radical (unpaired) electrons. The maximum absolute atomic E-state index is 2.72. The smallest absolute Gasteiger partial charge is 1.00 e. The van der Waals surface area contributed by atoms with Crippen LogP contribution in [-0.4, -0.2) is 29.2 Å². The minimum atomic E-state index is 0. The summed E-state index contributed by atoms with van der Waals surface area (Å²) in [5.41, 5.74) is 0. The number of hydrogen-bond donors (Lipinski definition) is 0. The van der Waals surface area contributed by atoms with E-state index >= 15 is 0 Å². The maximum atomic E-state index is 2.72. The van der Waals surface area contributed by atoms with Gasteiger partial charge in [0.25, 0.3) is 0 Å². The van der Waals surface area contributed by atoms with Crippen LogP contribution in [0.1, 0.15) is 0 Å². The fourth-order valence-electron chi connectivity index (χ4n) is 0. The standard InChI is InChI=1S/C2H6P.Al.2ClH/c1-3-2;;;/h1-2H3;;2*1H/q-1;+3;;/p-2. The second-order valence-corrected chi connectivity index (χ2v) is 5.99. The molecule has 6 heavy (non-hydrogen) atoms. The molecule has 0 rings (SSSR count). The van der Waals surface area contributed by atoms with Gasteiger partial charge in [-0.2, -0.15) is 0 Å². The van der Waals surface area contributed by atoms with Gasteiger partial charge in [0.1, 0.15) is 0 Å². The van der Waals surface area contributed by atoms with Gasteiger partial charge in [-0.3, -0.25) is 0 Å². The molecule has 0 N–H and O–H groups in total. The summed E-state index contributed by atoms with van der Waals surface area (Å²) in [4.78, 5) is 0. The third-order valence-electron chi connectivity index (χ3n) is 0. The molecule has 0 atom stereocenters. The fraction of sp³-hybridized carbons (Fsp3) is 1.00. The molecule has 0 spiro atoms. The van der Waals surface area contributed by atoms with Gasteiger partial charge in [0.2, 0.25) is 0 Å². The minimum absolute atomic E-state index is 0. The summed E-state index contributed by atoms with van der Waals surface area (Å²) in [6.07, 6.45) is 0. The number of hydrogen-bond acceptors (Lipinski definition) is 0. The van der Waals surface area contributed by atoms with E-state index in [1.807, 2.05) is 0 Å². The molecular weight excluding hydrogens is 153 g/mol. The molecule has 0 bridgehead atoms. The van der Waals surface area contributed by atoms with Gasteiger partial charge in [-0.15, -0.1) is 0 Å². The van der Waals surface area contributed by atoms with Crippen LogP contribution < -0.4 is 24.8 Å². The fourth-order valence-corrected chi connectivity index (χ4v) is 0. The summed E-state index contributed by atoms with van der Waals surface area (Å²) in [5.74, 6) is 0. The summed E-state index contributed by atoms with van der Waals surface area (Å²) < 4.78 is 0. The monoisotopic (exact) mass is 158 g/mol. The van der Waals surface area contributed by atoms with Gasteiger partial charge in [-0.05, 0) is 0 Å². The molecule has 0 aliphatic rings. The van der Waals surface area contributed by atoms with Crippen molar-refractivity contribution in [3.8, 4) is 0 Å². The largest absolute Gasteiger partial charge is 1.00 e. The zero-order valence-corrected chi connectivity index (χ0v) is 7.34. The Labute approximate surface area is 60.7 Å². The van der Waals surface area contributed by atoms with Crippen LogP contribution in [0.4, 0.5) is 0 Å². The third kappa shape index (κ3) is 48.1. The normalized spacial score (nSPS) is 6.17. The Morgan fingerprint density at radius 3 is 1.17 bits per heavy atom. The van der Waals surface area contributed by atoms with E-state index in [0.717, 1.165) is 0 Å². The molecule has 0 aromatic heterocycles. The van der Waals surface area contributed by atoms with E-state index in [-0.39, 0.29) is 24.8 Å². The minimum Gasteiger partial charge on any atom is -1.00 e. The van der Waals surface area contributed by atoms with Gasteiger partial charge in [0.15, 0.2) is 0 Å². The molecule has 0 heterocycles. The van der Waals surface area contributed by atoms with Crippen LogP contribution in [-0.2, 0) is 0 Å². The van der Waals surface area contributed by atoms with Crippen molar-refractivity contribution < 1.29 is 24.8 Å². The first-order chi connectivity index (χ1) is 1.73. The average molecular weight is 159 g/mol. The van der Waals surface area contributed by atoms with Crippen molar-refractivity contribution in [3.05, 3.63) is 0 Å². The van der Waals surface area contributed by atoms with Gasteiger partial charge in [-0.1, -0.05) is 0 Å². The molecule has 0 aromatic carbocycles. The van der Waals surface area contributed by atoms with Crippen molar-refractivity contribution in [2.45, 2.75) is 0 Å². The van der Waals surface area contributed by atoms with Crippen LogP contribution in [0.15, 0.2) is 0 Å². The molecule has 0 unspecified atom stereocenters. The summed E-state index contributed by atoms with van der Waals surface area (Å²) in [7, 11) is 0. The van der Waals surface area contributed by atoms with Gasteiger partial charge in [0.05, 0.1) is 0 Å². The predicted molar refractivity (Wildman–Crippen MR) is 24.5 cm³/mol. The van der Waals surface area contributed by atoms with E-state index in [9.17, 15) is 0 Å². The van der Waals surface area contributed by atoms with Crippen LogP contribution >= 0.6 is 6.57 Å². The molecule has 0 amide bonds. The Kier molecular flexibility index (Phi) is 25.4. The van der Waals surface area contributed by atoms with Gasteiger partial charge < -0.3 is 24.8 Å². The van der Waals surface area contributed by atoms with E-state index in [0.29, 0.717) is 6.57 Å². The SMILES string of the molecule is C[P](C)[Al+2].[Cl-].[Cl-]. The van der Waals surface area contributed by atoms with E-state index in [4.69, 9.17) is 0 Å². The molecule has 0 saturated heterocycles. The molecule has 0 saturated carbocycles. The topological polar surface area (TPSA) is 0 Å². The van der Waals surface area contributed by atoms with Crippen LogP contribution in [0.3, 0.4) is 0 Å². The Balaban J connectivity index is -0.0000000450. The molecule has 0 aliphatic carbocycles. The molecule has 0 aliphatic heterocycles. The Hall–Kier alpha value is 1.54. The summed E-state index contributed by atoms with van der Waals surface area (Å²) in [5, 5.41) is 0. The van der Waals surface area contributed by atoms with Crippen LogP contribution in [0.25, 0.3) is 0 Å². The van der Waals surface area contributed by atoms with Gasteiger partial charge >= 0.3 is 35.7 Å². The molecule has 0 nitrogen and oxygen atoms in total. The van der Waals surface area contributed by atoms with Crippen LogP contribution in [0.5, 0.6) is 0 Å². The second kappa shape index (κ2) is 9.74. The first-order valence-electron chi connectivity index (χ1n) is 1.15. The van der Waals surface area contributed by atoms with E-state index in [1.54, 1.807) is 0 Å². The molecule has 4 heteroatoms. The predicted octanol–water partition coefficient (Wildman–Crippen LogP) is -5.18. The van der Waals surface area contributed by atoms with E-state index in [1.165, 1.54) is 0 Å². The van der Waals surface area contributed by atoms with Crippen molar-refractivity contribution >= 4 is 22.4 Å². The Morgan fingerprint density at radius 1 is 1.17 bits per heavy atom. The van der Waals surface area contributed by atoms with E-state index in [2.05, 4.69) is 29.2 Å². The van der Waals surface area contributed by atoms with Crippen molar-refractivity contribution in [2.24, 2.45) is 0 Å². The number of rotatable bonds is 0. The molecule has 0 fully saturated rings. The second-order valence-electron chi connectivity index (χ2n) is 0.964. The first kappa shape index (κ1) is 15.6. The third-order valence-corrected chi connectivity index (χ3v) is 0. The maximum Gasteiger partial charge on any atom is -1.00 e. The zero-order valence-electron chi connectivity index (χ0n) is 3.78. The van der Waals surface area contributed by atoms with Gasteiger partial charge in [0, 0.05) is 0 Å². The molecule has 36 valence electrons. The first-order valence-corrected chi connectivity index (χ1v) is 5.01. The van der Waals surface area contributed by atoms with Crippen molar-refractivity contribution in [1.29, 1.82) is 0 Å². The van der Waals surface area contributed by atoms with Crippen molar-refractivity contribution in [3.63, 3.8) is 0 Å². The van der Waals surface area contributed by atoms with Crippen LogP contribution in [0.2, 0.25) is 0 Å². The average Bonchev–Trinajstić information content (AvgIpc) is 0.811. The van der Waals surface area contributed by atoms with Crippen molar-refractivity contribution in [1.82, 2.24) is 0 Å². The summed E-state index contributed by atoms with van der Waals surface area (Å²) in [6.45, 7) is 4.69. The quantitative estimate of drug-likeness (QED) is 0.245. The molecule has 0 aromatic rings. The number of halogens is 2. The summed E-state index contributed by atoms with van der Waals surface area (Å²) >= 11 is 2.72. The van der Waals surface area contributed by atoms with Crippen LogP contribution in [0, 0.1) is 0 Å². The Morgan fingerprint density at radius 2 is 1.17 bits per heavy atom. The molecular formula is C2H6AlCl2P. The van der Waals surface area contributed by atoms with Gasteiger partial charge in [-0.25, -0.2) is 0 Å².